The van der Waals surface area contributed by atoms with E-state index >= 15 is 0 Å². The highest BCUT2D eigenvalue weighted by atomic mass is 32.2. The third-order valence-corrected chi connectivity index (χ3v) is 3.54. The van der Waals surface area contributed by atoms with Crippen LogP contribution in [-0.4, -0.2) is 28.8 Å². The molecular formula is C12H18N2O3S. The molecule has 0 aromatic carbocycles. The van der Waals surface area contributed by atoms with E-state index in [9.17, 15) is 9.59 Å². The molecule has 1 heterocycles. The van der Waals surface area contributed by atoms with Crippen molar-refractivity contribution in [3.8, 4) is 0 Å². The van der Waals surface area contributed by atoms with Gasteiger partial charge in [-0.3, -0.25) is 9.59 Å². The van der Waals surface area contributed by atoms with Gasteiger partial charge >= 0.3 is 5.97 Å². The fraction of sp³-hybridized carbons (Fsp3) is 0.583. The maximum atomic E-state index is 11.4. The van der Waals surface area contributed by atoms with Gasteiger partial charge in [0.2, 0.25) is 0 Å². The monoisotopic (exact) mass is 270 g/mol. The van der Waals surface area contributed by atoms with Crippen molar-refractivity contribution in [1.29, 1.82) is 0 Å². The average molecular weight is 270 g/mol. The van der Waals surface area contributed by atoms with Gasteiger partial charge in [-0.25, -0.2) is 4.98 Å². The summed E-state index contributed by atoms with van der Waals surface area (Å²) >= 11 is 1.39. The number of carbonyl (C=O) groups excluding carboxylic acids is 1. The molecule has 1 aromatic heterocycles. The average Bonchev–Trinajstić information content (AvgIpc) is 2.34. The maximum Gasteiger partial charge on any atom is 0.309 e. The highest BCUT2D eigenvalue weighted by molar-refractivity contribution is 7.99. The predicted octanol–water partition coefficient (Wildman–Crippen LogP) is 1.79. The molecule has 1 rings (SSSR count). The van der Waals surface area contributed by atoms with Crippen LogP contribution in [0.5, 0.6) is 0 Å². The summed E-state index contributed by atoms with van der Waals surface area (Å²) in [7, 11) is 1.37. The van der Waals surface area contributed by atoms with Crippen molar-refractivity contribution in [3.63, 3.8) is 0 Å². The van der Waals surface area contributed by atoms with Crippen LogP contribution in [0.4, 0.5) is 0 Å². The van der Waals surface area contributed by atoms with Gasteiger partial charge in [-0.05, 0) is 0 Å². The van der Waals surface area contributed by atoms with E-state index in [-0.39, 0.29) is 23.4 Å². The number of nitrogens with zero attached hydrogens (tertiary/aromatic N) is 1. The first kappa shape index (κ1) is 14.8. The molecule has 0 bridgehead atoms. The molecular weight excluding hydrogens is 252 g/mol. The zero-order chi connectivity index (χ0) is 13.7. The predicted molar refractivity (Wildman–Crippen MR) is 70.9 cm³/mol. The molecule has 0 amide bonds. The Morgan fingerprint density at radius 3 is 2.72 bits per heavy atom. The molecule has 0 radical (unpaired) electrons. The van der Waals surface area contributed by atoms with Gasteiger partial charge in [-0.1, -0.05) is 20.8 Å². The molecule has 0 aliphatic rings. The van der Waals surface area contributed by atoms with Crippen molar-refractivity contribution in [2.75, 3.05) is 12.9 Å². The van der Waals surface area contributed by atoms with Gasteiger partial charge in [-0.15, -0.1) is 11.8 Å². The molecule has 18 heavy (non-hydrogen) atoms. The number of hydrogen-bond acceptors (Lipinski definition) is 5. The Bertz CT molecular complexity index is 471. The third-order valence-electron chi connectivity index (χ3n) is 2.37. The number of H-pyrrole nitrogens is 1. The Labute approximate surface area is 110 Å². The number of nitrogens with one attached hydrogen (secondary N) is 1. The van der Waals surface area contributed by atoms with Gasteiger partial charge in [0.05, 0.1) is 13.0 Å². The normalized spacial score (nSPS) is 12.5. The number of methoxy groups -OCH3 is 1. The number of rotatable bonds is 5. The van der Waals surface area contributed by atoms with Crippen molar-refractivity contribution in [2.24, 2.45) is 5.92 Å². The van der Waals surface area contributed by atoms with Gasteiger partial charge in [0.25, 0.3) is 5.56 Å². The maximum absolute atomic E-state index is 11.4. The molecule has 1 atom stereocenters. The minimum Gasteiger partial charge on any atom is -0.469 e. The summed E-state index contributed by atoms with van der Waals surface area (Å²) in [6, 6.07) is 1.44. The van der Waals surface area contributed by atoms with E-state index < -0.39 is 0 Å². The molecule has 0 spiro atoms. The Morgan fingerprint density at radius 1 is 1.50 bits per heavy atom. The minimum absolute atomic E-state index is 0.163. The van der Waals surface area contributed by atoms with Crippen LogP contribution < -0.4 is 5.56 Å². The molecule has 1 aromatic rings. The van der Waals surface area contributed by atoms with E-state index in [0.29, 0.717) is 16.6 Å². The molecule has 6 heteroatoms. The zero-order valence-electron chi connectivity index (χ0n) is 11.0. The van der Waals surface area contributed by atoms with Crippen LogP contribution in [-0.2, 0) is 9.53 Å². The highest BCUT2D eigenvalue weighted by Crippen LogP contribution is 2.19. The largest absolute Gasteiger partial charge is 0.469 e. The van der Waals surface area contributed by atoms with Crippen molar-refractivity contribution >= 4 is 17.7 Å². The Morgan fingerprint density at radius 2 is 2.17 bits per heavy atom. The Hall–Kier alpha value is -1.30. The second kappa shape index (κ2) is 6.58. The van der Waals surface area contributed by atoms with Crippen LogP contribution in [0.25, 0.3) is 0 Å². The Balaban J connectivity index is 2.73. The number of hydrogen-bond donors (Lipinski definition) is 1. The summed E-state index contributed by atoms with van der Waals surface area (Å²) in [6.45, 7) is 5.71. The topological polar surface area (TPSA) is 72.1 Å². The summed E-state index contributed by atoms with van der Waals surface area (Å²) in [6.07, 6.45) is 0. The summed E-state index contributed by atoms with van der Waals surface area (Å²) in [5.74, 6) is 0.896. The van der Waals surface area contributed by atoms with E-state index in [1.165, 1.54) is 24.9 Å². The van der Waals surface area contributed by atoms with Crippen LogP contribution in [0.1, 0.15) is 32.5 Å². The van der Waals surface area contributed by atoms with E-state index in [1.807, 2.05) is 13.8 Å². The number of aromatic amines is 1. The first-order chi connectivity index (χ1) is 8.43. The van der Waals surface area contributed by atoms with E-state index in [2.05, 4.69) is 14.7 Å². The number of carbonyl (C=O) groups is 1. The fourth-order valence-electron chi connectivity index (χ4n) is 1.28. The zero-order valence-corrected chi connectivity index (χ0v) is 11.8. The molecule has 5 nitrogen and oxygen atoms in total. The first-order valence-corrected chi connectivity index (χ1v) is 6.74. The molecule has 0 fully saturated rings. The molecule has 1 N–H and O–H groups in total. The number of thioether (sulfide) groups is 1. The summed E-state index contributed by atoms with van der Waals surface area (Å²) in [4.78, 5) is 29.7. The molecule has 100 valence electrons. The van der Waals surface area contributed by atoms with Gasteiger partial charge in [0.15, 0.2) is 0 Å². The summed E-state index contributed by atoms with van der Waals surface area (Å²) < 4.78 is 4.65. The quantitative estimate of drug-likeness (QED) is 0.502. The summed E-state index contributed by atoms with van der Waals surface area (Å²) in [5.41, 5.74) is -0.165. The summed E-state index contributed by atoms with van der Waals surface area (Å²) in [5, 5.41) is 0.637. The van der Waals surface area contributed by atoms with Gasteiger partial charge < -0.3 is 9.72 Å². The van der Waals surface area contributed by atoms with Gasteiger partial charge in [0.1, 0.15) is 10.9 Å². The number of esters is 1. The lowest BCUT2D eigenvalue weighted by molar-refractivity contribution is -0.143. The van der Waals surface area contributed by atoms with E-state index in [1.54, 1.807) is 6.92 Å². The molecule has 0 saturated carbocycles. The van der Waals surface area contributed by atoms with Crippen LogP contribution in [0.3, 0.4) is 0 Å². The lowest BCUT2D eigenvalue weighted by Crippen LogP contribution is -2.16. The molecule has 1 unspecified atom stereocenters. The second-order valence-corrected chi connectivity index (χ2v) is 5.40. The lowest BCUT2D eigenvalue weighted by atomic mass is 10.2. The number of ether oxygens (including phenoxy) is 1. The molecule has 0 saturated heterocycles. The SMILES string of the molecule is COC(=O)C(C)CSc1cc(=O)[nH]c(C(C)C)n1. The molecule has 0 aliphatic carbocycles. The first-order valence-electron chi connectivity index (χ1n) is 5.76. The highest BCUT2D eigenvalue weighted by Gasteiger charge is 2.14. The van der Waals surface area contributed by atoms with E-state index in [4.69, 9.17) is 0 Å². The second-order valence-electron chi connectivity index (χ2n) is 4.36. The Kier molecular flexibility index (Phi) is 5.40. The van der Waals surface area contributed by atoms with E-state index in [0.717, 1.165) is 0 Å². The van der Waals surface area contributed by atoms with Crippen molar-refractivity contribution in [2.45, 2.75) is 31.7 Å². The lowest BCUT2D eigenvalue weighted by Gasteiger charge is -2.09. The minimum atomic E-state index is -0.253. The van der Waals surface area contributed by atoms with Crippen LogP contribution in [0.15, 0.2) is 15.9 Å². The molecule has 0 aliphatic heterocycles. The standard InChI is InChI=1S/C12H18N2O3S/c1-7(2)11-13-9(15)5-10(14-11)18-6-8(3)12(16)17-4/h5,7-8H,6H2,1-4H3,(H,13,14,15). The fourth-order valence-corrected chi connectivity index (χ4v) is 2.19. The smallest absolute Gasteiger partial charge is 0.309 e. The van der Waals surface area contributed by atoms with Crippen molar-refractivity contribution in [1.82, 2.24) is 9.97 Å². The van der Waals surface area contributed by atoms with Crippen molar-refractivity contribution < 1.29 is 9.53 Å². The van der Waals surface area contributed by atoms with Gasteiger partial charge in [0, 0.05) is 17.7 Å². The number of aromatic nitrogens is 2. The van der Waals surface area contributed by atoms with Gasteiger partial charge in [-0.2, -0.15) is 0 Å². The van der Waals surface area contributed by atoms with Crippen LogP contribution >= 0.6 is 11.8 Å². The van der Waals surface area contributed by atoms with Crippen LogP contribution in [0.2, 0.25) is 0 Å². The van der Waals surface area contributed by atoms with Crippen molar-refractivity contribution in [3.05, 3.63) is 22.2 Å². The van der Waals surface area contributed by atoms with Crippen LogP contribution in [0, 0.1) is 5.92 Å². The third kappa shape index (κ3) is 4.18.